The van der Waals surface area contributed by atoms with Crippen LogP contribution in [0.2, 0.25) is 0 Å². The summed E-state index contributed by atoms with van der Waals surface area (Å²) >= 11 is 0. The first kappa shape index (κ1) is 30.8. The molecule has 6 unspecified atom stereocenters. The summed E-state index contributed by atoms with van der Waals surface area (Å²) in [5.74, 6) is 10.5. The average molecular weight is 697 g/mol. The minimum atomic E-state index is 0.0587. The van der Waals surface area contributed by atoms with Gasteiger partial charge in [0.25, 0.3) is 0 Å². The van der Waals surface area contributed by atoms with Gasteiger partial charge in [-0.2, -0.15) is 0 Å². The number of hydrogen-bond acceptors (Lipinski definition) is 6. The molecule has 15 aliphatic rings. The second-order valence-corrected chi connectivity index (χ2v) is 21.7. The Morgan fingerprint density at radius 1 is 0.412 bits per heavy atom. The van der Waals surface area contributed by atoms with Crippen LogP contribution in [0.5, 0.6) is 17.2 Å². The molecule has 12 aliphatic carbocycles. The fourth-order valence-electron chi connectivity index (χ4n) is 17.3. The summed E-state index contributed by atoms with van der Waals surface area (Å²) in [4.78, 5) is 0. The molecule has 1 aromatic carbocycles. The van der Waals surface area contributed by atoms with Crippen molar-refractivity contribution in [2.45, 2.75) is 152 Å². The molecule has 0 amide bonds. The van der Waals surface area contributed by atoms with Crippen molar-refractivity contribution in [2.24, 2.45) is 69.5 Å². The van der Waals surface area contributed by atoms with Crippen LogP contribution in [0.25, 0.3) is 0 Å². The normalized spacial score (nSPS) is 53.2. The van der Waals surface area contributed by atoms with Crippen LogP contribution in [0, 0.1) is 69.5 Å². The van der Waals surface area contributed by atoms with Crippen LogP contribution in [-0.2, 0) is 14.2 Å². The van der Waals surface area contributed by atoms with E-state index in [1.165, 1.54) is 116 Å². The summed E-state index contributed by atoms with van der Waals surface area (Å²) in [6.45, 7) is 2.48. The van der Waals surface area contributed by atoms with Gasteiger partial charge in [0.15, 0.2) is 11.5 Å². The fourth-order valence-corrected chi connectivity index (χ4v) is 17.3. The van der Waals surface area contributed by atoms with E-state index in [1.54, 1.807) is 0 Å². The predicted octanol–water partition coefficient (Wildman–Crippen LogP) is 8.77. The maximum atomic E-state index is 7.67. The van der Waals surface area contributed by atoms with Crippen molar-refractivity contribution < 1.29 is 28.4 Å². The quantitative estimate of drug-likeness (QED) is 0.204. The largest absolute Gasteiger partial charge is 0.483 e. The Balaban J connectivity index is 0.890. The number of benzene rings is 1. The van der Waals surface area contributed by atoms with Gasteiger partial charge in [0.05, 0.1) is 19.8 Å². The number of rotatable bonds is 12. The van der Waals surface area contributed by atoms with Gasteiger partial charge < -0.3 is 28.4 Å². The van der Waals surface area contributed by atoms with Crippen molar-refractivity contribution in [1.29, 1.82) is 0 Å². The highest BCUT2D eigenvalue weighted by atomic mass is 16.6. The van der Waals surface area contributed by atoms with E-state index >= 15 is 0 Å². The van der Waals surface area contributed by atoms with Crippen LogP contribution in [0.15, 0.2) is 18.2 Å². The van der Waals surface area contributed by atoms with Crippen LogP contribution in [0.3, 0.4) is 0 Å². The molecule has 0 aromatic heterocycles. The van der Waals surface area contributed by atoms with Gasteiger partial charge in [-0.05, 0) is 181 Å². The molecule has 3 aliphatic heterocycles. The molecular weight excluding hydrogens is 636 g/mol. The molecule has 1 aromatic rings. The zero-order valence-electron chi connectivity index (χ0n) is 30.7. The van der Waals surface area contributed by atoms with Gasteiger partial charge in [-0.3, -0.25) is 0 Å². The van der Waals surface area contributed by atoms with E-state index in [1.807, 2.05) is 0 Å². The number of epoxide rings is 3. The summed E-state index contributed by atoms with van der Waals surface area (Å²) in [5.41, 5.74) is 0.664. The Hall–Kier alpha value is -1.50. The van der Waals surface area contributed by atoms with Gasteiger partial charge in [-0.25, -0.2) is 0 Å². The lowest BCUT2D eigenvalue weighted by molar-refractivity contribution is -0.127. The molecule has 0 N–H and O–H groups in total. The van der Waals surface area contributed by atoms with E-state index in [4.69, 9.17) is 28.4 Å². The molecule has 6 heteroatoms. The molecule has 6 nitrogen and oxygen atoms in total. The molecule has 6 atom stereocenters. The maximum Gasteiger partial charge on any atom is 0.204 e. The maximum absolute atomic E-state index is 7.67. The third-order valence-electron chi connectivity index (χ3n) is 17.9. The van der Waals surface area contributed by atoms with Crippen molar-refractivity contribution in [2.75, 3.05) is 19.8 Å². The number of hydrogen-bond donors (Lipinski definition) is 0. The zero-order chi connectivity index (χ0) is 33.1. The van der Waals surface area contributed by atoms with Crippen LogP contribution >= 0.6 is 0 Å². The Morgan fingerprint density at radius 3 is 0.922 bits per heavy atom. The van der Waals surface area contributed by atoms with Gasteiger partial charge >= 0.3 is 0 Å². The van der Waals surface area contributed by atoms with Gasteiger partial charge in [0.1, 0.15) is 36.6 Å². The molecule has 12 saturated carbocycles. The van der Waals surface area contributed by atoms with Crippen LogP contribution in [0.4, 0.5) is 0 Å². The molecule has 0 spiro atoms. The first-order chi connectivity index (χ1) is 25.0. The lowest BCUT2D eigenvalue weighted by Crippen LogP contribution is -2.56. The lowest BCUT2D eigenvalue weighted by Gasteiger charge is -2.59. The topological polar surface area (TPSA) is 65.3 Å². The summed E-state index contributed by atoms with van der Waals surface area (Å²) in [6.07, 6.45) is 25.6. The lowest BCUT2D eigenvalue weighted by atomic mass is 9.48. The highest BCUT2D eigenvalue weighted by Gasteiger charge is 2.62. The Morgan fingerprint density at radius 2 is 0.667 bits per heavy atom. The fraction of sp³-hybridized carbons (Fsp3) is 0.867. The molecule has 3 saturated heterocycles. The smallest absolute Gasteiger partial charge is 0.204 e. The Bertz CT molecular complexity index is 1370. The van der Waals surface area contributed by atoms with Crippen molar-refractivity contribution in [3.63, 3.8) is 0 Å². The molecule has 0 radical (unpaired) electrons. The third kappa shape index (κ3) is 5.02. The SMILES string of the molecule is c1cc(OC(C2CO2)C23CC4CC(CC(C4)C2)C3)c(OC(C2CO2)C23CC4CC(CC(C4)C2)C3)c(OC(C2CO2)C23CC4CC(CC(C4)C2)C3)c1. The van der Waals surface area contributed by atoms with Crippen molar-refractivity contribution in [1.82, 2.24) is 0 Å². The highest BCUT2D eigenvalue weighted by Crippen LogP contribution is 2.66. The third-order valence-corrected chi connectivity index (χ3v) is 17.9. The minimum Gasteiger partial charge on any atom is -0.483 e. The van der Waals surface area contributed by atoms with E-state index in [0.29, 0.717) is 0 Å². The molecule has 276 valence electrons. The number of para-hydroxylation sites is 1. The Labute approximate surface area is 304 Å². The van der Waals surface area contributed by atoms with Gasteiger partial charge in [-0.1, -0.05) is 6.07 Å². The van der Waals surface area contributed by atoms with Crippen LogP contribution in [-0.4, -0.2) is 56.4 Å². The van der Waals surface area contributed by atoms with Crippen LogP contribution < -0.4 is 14.2 Å². The Kier molecular flexibility index (Phi) is 6.54. The summed E-state index contributed by atoms with van der Waals surface area (Å²) in [6, 6.07) is 6.63. The molecule has 51 heavy (non-hydrogen) atoms. The van der Waals surface area contributed by atoms with Crippen LogP contribution in [0.1, 0.15) is 116 Å². The second-order valence-electron chi connectivity index (χ2n) is 21.7. The van der Waals surface area contributed by atoms with Gasteiger partial charge in [0.2, 0.25) is 5.75 Å². The molecule has 3 heterocycles. The van der Waals surface area contributed by atoms with Crippen molar-refractivity contribution in [3.05, 3.63) is 18.2 Å². The van der Waals surface area contributed by atoms with Gasteiger partial charge in [0, 0.05) is 16.2 Å². The summed E-state index contributed by atoms with van der Waals surface area (Å²) < 4.78 is 41.4. The first-order valence-electron chi connectivity index (χ1n) is 21.9. The molecule has 12 bridgehead atoms. The van der Waals surface area contributed by atoms with E-state index in [-0.39, 0.29) is 52.9 Å². The molecule has 15 fully saturated rings. The highest BCUT2D eigenvalue weighted by molar-refractivity contribution is 5.52. The van der Waals surface area contributed by atoms with E-state index < -0.39 is 0 Å². The second kappa shape index (κ2) is 10.8. The minimum absolute atomic E-state index is 0.0587. The van der Waals surface area contributed by atoms with Crippen molar-refractivity contribution >= 4 is 0 Å². The van der Waals surface area contributed by atoms with E-state index in [9.17, 15) is 0 Å². The summed E-state index contributed by atoms with van der Waals surface area (Å²) in [7, 11) is 0. The first-order valence-corrected chi connectivity index (χ1v) is 21.9. The monoisotopic (exact) mass is 696 g/mol. The molecular formula is C45H60O6. The van der Waals surface area contributed by atoms with E-state index in [2.05, 4.69) is 18.2 Å². The van der Waals surface area contributed by atoms with Crippen molar-refractivity contribution in [3.8, 4) is 17.2 Å². The predicted molar refractivity (Wildman–Crippen MR) is 191 cm³/mol. The molecule has 16 rings (SSSR count). The standard InChI is InChI=1S/C45H60O6/c1-2-34(49-40(36-22-46-36)43-13-25-4-26(14-43)6-27(5-25)15-43)39(51-42(38-24-48-38)45-19-31-10-32(20-45)12-33(11-31)21-45)35(3-1)50-41(37-23-47-37)44-16-28-7-29(17-44)9-30(8-28)18-44/h1-3,25-33,36-38,40-42H,4-24H2. The average Bonchev–Trinajstić information content (AvgIpc) is 3.92. The van der Waals surface area contributed by atoms with Gasteiger partial charge in [-0.15, -0.1) is 0 Å². The summed E-state index contributed by atoms with van der Waals surface area (Å²) in [5, 5.41) is 0. The van der Waals surface area contributed by atoms with E-state index in [0.717, 1.165) is 90.3 Å². The number of ether oxygens (including phenoxy) is 6. The zero-order valence-corrected chi connectivity index (χ0v) is 30.7.